The summed E-state index contributed by atoms with van der Waals surface area (Å²) in [5.74, 6) is 1.36. The van der Waals surface area contributed by atoms with E-state index < -0.39 is 6.43 Å². The molecule has 2 rings (SSSR count). The fourth-order valence-electron chi connectivity index (χ4n) is 2.21. The molecule has 1 heterocycles. The van der Waals surface area contributed by atoms with E-state index in [4.69, 9.17) is 5.73 Å². The molecule has 1 aromatic carbocycles. The predicted molar refractivity (Wildman–Crippen MR) is 76.7 cm³/mol. The summed E-state index contributed by atoms with van der Waals surface area (Å²) in [7, 11) is 0. The van der Waals surface area contributed by atoms with Gasteiger partial charge < -0.3 is 10.3 Å². The van der Waals surface area contributed by atoms with E-state index in [1.54, 1.807) is 12.1 Å². The summed E-state index contributed by atoms with van der Waals surface area (Å²) >= 11 is 0. The van der Waals surface area contributed by atoms with Crippen LogP contribution < -0.4 is 5.73 Å². The molecule has 20 heavy (non-hydrogen) atoms. The number of aromatic nitrogens is 2. The summed E-state index contributed by atoms with van der Waals surface area (Å²) in [6.45, 7) is 4.79. The van der Waals surface area contributed by atoms with Crippen LogP contribution in [0.3, 0.4) is 0 Å². The molecule has 2 aromatic rings. The Morgan fingerprint density at radius 1 is 1.35 bits per heavy atom. The molecule has 0 radical (unpaired) electrons. The number of hydrogen-bond donors (Lipinski definition) is 1. The zero-order valence-corrected chi connectivity index (χ0v) is 11.7. The van der Waals surface area contributed by atoms with Gasteiger partial charge in [0.05, 0.1) is 0 Å². The number of nitrogen functional groups attached to an aromatic ring is 1. The van der Waals surface area contributed by atoms with E-state index in [2.05, 4.69) is 11.9 Å². The van der Waals surface area contributed by atoms with Crippen molar-refractivity contribution in [2.24, 2.45) is 0 Å². The lowest BCUT2D eigenvalue weighted by Crippen LogP contribution is -2.04. The van der Waals surface area contributed by atoms with Crippen LogP contribution in [0.4, 0.5) is 14.6 Å². The number of aryl methyl sites for hydroxylation is 1. The van der Waals surface area contributed by atoms with Crippen LogP contribution in [-0.2, 0) is 6.54 Å². The number of benzene rings is 1. The molecule has 0 saturated carbocycles. The highest BCUT2D eigenvalue weighted by Gasteiger charge is 2.15. The van der Waals surface area contributed by atoms with Crippen LogP contribution in [-0.4, -0.2) is 9.55 Å². The largest absolute Gasteiger partial charge is 0.383 e. The number of anilines is 1. The molecule has 0 aliphatic carbocycles. The third-order valence-electron chi connectivity index (χ3n) is 3.34. The molecule has 2 N–H and O–H groups in total. The van der Waals surface area contributed by atoms with Crippen LogP contribution in [0.25, 0.3) is 11.3 Å². The number of unbranched alkanes of at least 4 members (excludes halogenated alkanes) is 1. The van der Waals surface area contributed by atoms with Crippen molar-refractivity contribution in [1.82, 2.24) is 9.55 Å². The first-order valence-electron chi connectivity index (χ1n) is 6.75. The molecule has 0 unspecified atom stereocenters. The molecule has 0 aliphatic heterocycles. The van der Waals surface area contributed by atoms with Crippen LogP contribution in [0, 0.1) is 6.92 Å². The first-order valence-corrected chi connectivity index (χ1v) is 6.75. The third-order valence-corrected chi connectivity index (χ3v) is 3.34. The minimum absolute atomic E-state index is 0.0114. The zero-order valence-electron chi connectivity index (χ0n) is 11.7. The van der Waals surface area contributed by atoms with E-state index in [1.165, 1.54) is 12.1 Å². The topological polar surface area (TPSA) is 43.8 Å². The average Bonchev–Trinajstić information content (AvgIpc) is 2.72. The van der Waals surface area contributed by atoms with Gasteiger partial charge in [0.15, 0.2) is 0 Å². The van der Waals surface area contributed by atoms with Gasteiger partial charge in [-0.3, -0.25) is 0 Å². The van der Waals surface area contributed by atoms with E-state index in [1.807, 2.05) is 11.5 Å². The van der Waals surface area contributed by atoms with Crippen molar-refractivity contribution in [3.05, 3.63) is 35.7 Å². The maximum atomic E-state index is 12.8. The van der Waals surface area contributed by atoms with Gasteiger partial charge in [0.25, 0.3) is 6.43 Å². The summed E-state index contributed by atoms with van der Waals surface area (Å²) in [5, 5.41) is 0. The lowest BCUT2D eigenvalue weighted by molar-refractivity contribution is 0.151. The Balaban J connectivity index is 2.40. The van der Waals surface area contributed by atoms with Crippen LogP contribution in [0.15, 0.2) is 24.3 Å². The van der Waals surface area contributed by atoms with E-state index in [9.17, 15) is 8.78 Å². The third kappa shape index (κ3) is 2.81. The average molecular weight is 279 g/mol. The van der Waals surface area contributed by atoms with Gasteiger partial charge in [0, 0.05) is 17.7 Å². The van der Waals surface area contributed by atoms with Gasteiger partial charge in [0.2, 0.25) is 0 Å². The minimum atomic E-state index is -2.49. The maximum Gasteiger partial charge on any atom is 0.263 e. The second-order valence-corrected chi connectivity index (χ2v) is 4.82. The lowest BCUT2D eigenvalue weighted by Gasteiger charge is -2.07. The van der Waals surface area contributed by atoms with Crippen molar-refractivity contribution in [3.8, 4) is 11.3 Å². The molecule has 0 bridgehead atoms. The molecular weight excluding hydrogens is 260 g/mol. The lowest BCUT2D eigenvalue weighted by atomic mass is 10.1. The van der Waals surface area contributed by atoms with Crippen LogP contribution in [0.2, 0.25) is 0 Å². The van der Waals surface area contributed by atoms with Crippen LogP contribution in [0.1, 0.15) is 37.6 Å². The summed E-state index contributed by atoms with van der Waals surface area (Å²) < 4.78 is 27.5. The van der Waals surface area contributed by atoms with E-state index in [0.29, 0.717) is 17.1 Å². The van der Waals surface area contributed by atoms with Crippen molar-refractivity contribution >= 4 is 5.82 Å². The summed E-state index contributed by atoms with van der Waals surface area (Å²) in [4.78, 5) is 4.43. The quantitative estimate of drug-likeness (QED) is 0.892. The monoisotopic (exact) mass is 279 g/mol. The standard InChI is InChI=1S/C15H19F2N3/c1-3-4-8-20-10(2)19-13(15(20)18)11-6-5-7-12(9-11)14(16)17/h5-7,9,14H,3-4,8,18H2,1-2H3. The van der Waals surface area contributed by atoms with E-state index >= 15 is 0 Å². The number of imidazole rings is 1. The van der Waals surface area contributed by atoms with Gasteiger partial charge in [-0.25, -0.2) is 13.8 Å². The van der Waals surface area contributed by atoms with Crippen molar-refractivity contribution in [2.75, 3.05) is 5.73 Å². The molecular formula is C15H19F2N3. The van der Waals surface area contributed by atoms with Crippen molar-refractivity contribution in [3.63, 3.8) is 0 Å². The maximum absolute atomic E-state index is 12.8. The number of nitrogens with two attached hydrogens (primary N) is 1. The smallest absolute Gasteiger partial charge is 0.263 e. The second kappa shape index (κ2) is 6.03. The van der Waals surface area contributed by atoms with Gasteiger partial charge in [0.1, 0.15) is 17.3 Å². The van der Waals surface area contributed by atoms with E-state index in [-0.39, 0.29) is 5.56 Å². The molecule has 1 aromatic heterocycles. The molecule has 108 valence electrons. The Labute approximate surface area is 117 Å². The molecule has 0 amide bonds. The van der Waals surface area contributed by atoms with Crippen molar-refractivity contribution in [2.45, 2.75) is 39.7 Å². The highest BCUT2D eigenvalue weighted by atomic mass is 19.3. The van der Waals surface area contributed by atoms with E-state index in [0.717, 1.165) is 25.2 Å². The molecule has 0 spiro atoms. The van der Waals surface area contributed by atoms with Crippen LogP contribution in [0.5, 0.6) is 0 Å². The normalized spacial score (nSPS) is 11.2. The Kier molecular flexibility index (Phi) is 4.37. The van der Waals surface area contributed by atoms with Gasteiger partial charge in [-0.1, -0.05) is 31.5 Å². The summed E-state index contributed by atoms with van der Waals surface area (Å²) in [6.07, 6.45) is -0.412. The highest BCUT2D eigenvalue weighted by Crippen LogP contribution is 2.29. The van der Waals surface area contributed by atoms with Crippen LogP contribution >= 0.6 is 0 Å². The van der Waals surface area contributed by atoms with Gasteiger partial charge >= 0.3 is 0 Å². The molecule has 3 nitrogen and oxygen atoms in total. The molecule has 5 heteroatoms. The molecule has 0 aliphatic rings. The fourth-order valence-corrected chi connectivity index (χ4v) is 2.21. The Bertz CT molecular complexity index is 591. The van der Waals surface area contributed by atoms with Gasteiger partial charge in [-0.05, 0) is 19.4 Å². The summed E-state index contributed by atoms with van der Waals surface area (Å²) in [5.41, 5.74) is 7.33. The summed E-state index contributed by atoms with van der Waals surface area (Å²) in [6, 6.07) is 6.23. The zero-order chi connectivity index (χ0) is 14.7. The first kappa shape index (κ1) is 14.5. The van der Waals surface area contributed by atoms with Gasteiger partial charge in [-0.2, -0.15) is 0 Å². The SMILES string of the molecule is CCCCn1c(C)nc(-c2cccc(C(F)F)c2)c1N. The number of halogens is 2. The van der Waals surface area contributed by atoms with Crippen molar-refractivity contribution < 1.29 is 8.78 Å². The molecule has 0 fully saturated rings. The Morgan fingerprint density at radius 3 is 2.75 bits per heavy atom. The van der Waals surface area contributed by atoms with Gasteiger partial charge in [-0.15, -0.1) is 0 Å². The number of alkyl halides is 2. The first-order chi connectivity index (χ1) is 9.54. The minimum Gasteiger partial charge on any atom is -0.383 e. The number of rotatable bonds is 5. The van der Waals surface area contributed by atoms with Crippen molar-refractivity contribution in [1.29, 1.82) is 0 Å². The molecule has 0 saturated heterocycles. The number of nitrogens with zero attached hydrogens (tertiary/aromatic N) is 2. The Morgan fingerprint density at radius 2 is 2.10 bits per heavy atom. The second-order valence-electron chi connectivity index (χ2n) is 4.82. The fraction of sp³-hybridized carbons (Fsp3) is 0.400. The Hall–Kier alpha value is -1.91. The predicted octanol–water partition coefficient (Wildman–Crippen LogP) is 4.18. The highest BCUT2D eigenvalue weighted by molar-refractivity contribution is 5.71. The molecule has 0 atom stereocenters. The number of hydrogen-bond acceptors (Lipinski definition) is 2.